The van der Waals surface area contributed by atoms with E-state index in [-0.39, 0.29) is 11.3 Å². The van der Waals surface area contributed by atoms with Crippen LogP contribution in [0.1, 0.15) is 36.2 Å². The fourth-order valence-electron chi connectivity index (χ4n) is 4.23. The Morgan fingerprint density at radius 1 is 1.15 bits per heavy atom. The number of ether oxygens (including phenoxy) is 2. The maximum Gasteiger partial charge on any atom is 0.295 e. The molecule has 1 atom stereocenters. The number of hydrogen-bond acceptors (Lipinski definition) is 7. The summed E-state index contributed by atoms with van der Waals surface area (Å²) in [5.41, 5.74) is 0.641. The van der Waals surface area contributed by atoms with Crippen molar-refractivity contribution in [2.45, 2.75) is 25.8 Å². The van der Waals surface area contributed by atoms with Gasteiger partial charge in [0, 0.05) is 36.6 Å². The molecule has 3 heterocycles. The van der Waals surface area contributed by atoms with Gasteiger partial charge in [-0.1, -0.05) is 13.0 Å². The Balaban J connectivity index is 1.58. The van der Waals surface area contributed by atoms with Crippen LogP contribution in [-0.4, -0.2) is 72.6 Å². The molecule has 1 aromatic carbocycles. The number of hydrogen-bond donors (Lipinski definition) is 1. The molecule has 0 radical (unpaired) electrons. The van der Waals surface area contributed by atoms with Crippen molar-refractivity contribution in [3.8, 4) is 5.75 Å². The van der Waals surface area contributed by atoms with E-state index in [1.807, 2.05) is 24.4 Å². The average Bonchev–Trinajstić information content (AvgIpc) is 3.46. The number of nitrogens with zero attached hydrogens (tertiary/aromatic N) is 2. The number of amides is 1. The number of thiophene rings is 1. The van der Waals surface area contributed by atoms with Gasteiger partial charge in [-0.25, -0.2) is 0 Å². The van der Waals surface area contributed by atoms with Gasteiger partial charge in [0.05, 0.1) is 31.4 Å². The smallest absolute Gasteiger partial charge is 0.295 e. The average molecular weight is 471 g/mol. The predicted molar refractivity (Wildman–Crippen MR) is 127 cm³/mol. The maximum atomic E-state index is 13.1. The van der Waals surface area contributed by atoms with E-state index in [1.165, 1.54) is 11.3 Å². The summed E-state index contributed by atoms with van der Waals surface area (Å²) >= 11 is 1.48. The van der Waals surface area contributed by atoms with Crippen molar-refractivity contribution in [3.63, 3.8) is 0 Å². The fraction of sp³-hybridized carbons (Fsp3) is 0.440. The molecule has 1 amide bonds. The highest BCUT2D eigenvalue weighted by Gasteiger charge is 2.46. The third-order valence-corrected chi connectivity index (χ3v) is 6.86. The van der Waals surface area contributed by atoms with Gasteiger partial charge in [-0.15, -0.1) is 11.3 Å². The lowest BCUT2D eigenvalue weighted by Gasteiger charge is -2.28. The zero-order valence-electron chi connectivity index (χ0n) is 18.9. The molecule has 33 heavy (non-hydrogen) atoms. The summed E-state index contributed by atoms with van der Waals surface area (Å²) in [5.74, 6) is -0.639. The van der Waals surface area contributed by atoms with Gasteiger partial charge in [0.2, 0.25) is 0 Å². The van der Waals surface area contributed by atoms with E-state index in [4.69, 9.17) is 9.47 Å². The van der Waals surface area contributed by atoms with Gasteiger partial charge in [0.25, 0.3) is 11.7 Å². The molecule has 1 aromatic heterocycles. The Morgan fingerprint density at radius 2 is 1.91 bits per heavy atom. The molecule has 4 rings (SSSR count). The molecule has 2 aromatic rings. The summed E-state index contributed by atoms with van der Waals surface area (Å²) in [5, 5.41) is 13.0. The molecule has 0 spiro atoms. The summed E-state index contributed by atoms with van der Waals surface area (Å²) in [7, 11) is 0. The van der Waals surface area contributed by atoms with E-state index in [0.29, 0.717) is 24.5 Å². The molecule has 0 bridgehead atoms. The maximum absolute atomic E-state index is 13.1. The van der Waals surface area contributed by atoms with E-state index in [0.717, 1.165) is 50.6 Å². The third-order valence-electron chi connectivity index (χ3n) is 5.93. The van der Waals surface area contributed by atoms with Crippen molar-refractivity contribution in [1.29, 1.82) is 0 Å². The molecule has 2 aliphatic heterocycles. The number of rotatable bonds is 9. The molecule has 1 unspecified atom stereocenters. The Morgan fingerprint density at radius 3 is 2.58 bits per heavy atom. The van der Waals surface area contributed by atoms with Crippen molar-refractivity contribution < 1.29 is 24.2 Å². The van der Waals surface area contributed by atoms with Crippen LogP contribution in [0.4, 0.5) is 0 Å². The molecule has 2 saturated heterocycles. The quantitative estimate of drug-likeness (QED) is 0.342. The molecule has 2 fully saturated rings. The standard InChI is InChI=1S/C25H30N2O5S/c1-2-14-32-19-8-6-18(7-9-19)23(28)21-22(20-5-3-17-33-20)27(25(30)24(21)29)11-4-10-26-12-15-31-16-13-26/h3,5-9,17,22,28H,2,4,10-16H2,1H3/b23-21-. The van der Waals surface area contributed by atoms with Crippen molar-refractivity contribution >= 4 is 28.8 Å². The highest BCUT2D eigenvalue weighted by atomic mass is 32.1. The summed E-state index contributed by atoms with van der Waals surface area (Å²) in [6.45, 7) is 7.14. The van der Waals surface area contributed by atoms with Gasteiger partial charge in [-0.3, -0.25) is 14.5 Å². The zero-order valence-corrected chi connectivity index (χ0v) is 19.7. The largest absolute Gasteiger partial charge is 0.507 e. The lowest BCUT2D eigenvalue weighted by atomic mass is 10.00. The minimum Gasteiger partial charge on any atom is -0.507 e. The van der Waals surface area contributed by atoms with Crippen molar-refractivity contribution in [3.05, 3.63) is 57.8 Å². The van der Waals surface area contributed by atoms with Gasteiger partial charge in [0.15, 0.2) is 0 Å². The van der Waals surface area contributed by atoms with E-state index < -0.39 is 17.7 Å². The first-order valence-corrected chi connectivity index (χ1v) is 12.3. The van der Waals surface area contributed by atoms with Crippen molar-refractivity contribution in [2.75, 3.05) is 46.0 Å². The second-order valence-corrected chi connectivity index (χ2v) is 9.17. The normalized spacial score (nSPS) is 21.0. The number of carbonyl (C=O) groups is 2. The van der Waals surface area contributed by atoms with Crippen molar-refractivity contribution in [1.82, 2.24) is 9.80 Å². The summed E-state index contributed by atoms with van der Waals surface area (Å²) < 4.78 is 11.0. The van der Waals surface area contributed by atoms with Gasteiger partial charge in [-0.05, 0) is 48.6 Å². The minimum atomic E-state index is -0.636. The second-order valence-electron chi connectivity index (χ2n) is 8.19. The van der Waals surface area contributed by atoms with Gasteiger partial charge in [-0.2, -0.15) is 0 Å². The van der Waals surface area contributed by atoms with E-state index in [2.05, 4.69) is 4.90 Å². The molecular formula is C25H30N2O5S. The number of Topliss-reactive ketones (excluding diaryl/α,β-unsaturated/α-hetero) is 1. The molecule has 1 N–H and O–H groups in total. The molecule has 176 valence electrons. The van der Waals surface area contributed by atoms with Crippen LogP contribution < -0.4 is 4.74 Å². The predicted octanol–water partition coefficient (Wildman–Crippen LogP) is 3.68. The number of aliphatic hydroxyl groups is 1. The first-order valence-electron chi connectivity index (χ1n) is 11.4. The Labute approximate surface area is 198 Å². The lowest BCUT2D eigenvalue weighted by molar-refractivity contribution is -0.140. The molecule has 8 heteroatoms. The van der Waals surface area contributed by atoms with Crippen LogP contribution in [-0.2, 0) is 14.3 Å². The molecular weight excluding hydrogens is 440 g/mol. The first-order chi connectivity index (χ1) is 16.1. The number of benzene rings is 1. The van der Waals surface area contributed by atoms with Crippen molar-refractivity contribution in [2.24, 2.45) is 0 Å². The van der Waals surface area contributed by atoms with E-state index >= 15 is 0 Å². The molecule has 7 nitrogen and oxygen atoms in total. The van der Waals surface area contributed by atoms with Gasteiger partial charge >= 0.3 is 0 Å². The number of ketones is 1. The van der Waals surface area contributed by atoms with Gasteiger partial charge in [0.1, 0.15) is 11.5 Å². The fourth-order valence-corrected chi connectivity index (χ4v) is 5.07. The zero-order chi connectivity index (χ0) is 23.2. The highest BCUT2D eigenvalue weighted by molar-refractivity contribution is 7.10. The Hall–Kier alpha value is -2.68. The minimum absolute atomic E-state index is 0.149. The van der Waals surface area contributed by atoms with Crippen LogP contribution in [0.5, 0.6) is 5.75 Å². The summed E-state index contributed by atoms with van der Waals surface area (Å²) in [4.78, 5) is 30.8. The van der Waals surface area contributed by atoms with E-state index in [1.54, 1.807) is 29.2 Å². The monoisotopic (exact) mass is 470 g/mol. The van der Waals surface area contributed by atoms with Gasteiger partial charge < -0.3 is 19.5 Å². The topological polar surface area (TPSA) is 79.3 Å². The van der Waals surface area contributed by atoms with E-state index in [9.17, 15) is 14.7 Å². The molecule has 0 saturated carbocycles. The lowest BCUT2D eigenvalue weighted by Crippen LogP contribution is -2.38. The number of aliphatic hydroxyl groups excluding tert-OH is 1. The van der Waals surface area contributed by atoms with Crippen LogP contribution in [0.25, 0.3) is 5.76 Å². The summed E-state index contributed by atoms with van der Waals surface area (Å²) in [6.07, 6.45) is 1.65. The van der Waals surface area contributed by atoms with Crippen LogP contribution >= 0.6 is 11.3 Å². The number of morpholine rings is 1. The number of carbonyl (C=O) groups excluding carboxylic acids is 2. The highest BCUT2D eigenvalue weighted by Crippen LogP contribution is 2.41. The SMILES string of the molecule is CCCOc1ccc(/C(O)=C2/C(=O)C(=O)N(CCCN3CCOCC3)C2c2cccs2)cc1. The third kappa shape index (κ3) is 5.29. The Bertz CT molecular complexity index is 981. The Kier molecular flexibility index (Phi) is 7.80. The number of likely N-dealkylation sites (tertiary alicyclic amines) is 1. The molecule has 0 aliphatic carbocycles. The van der Waals surface area contributed by atoms with Crippen LogP contribution in [0.15, 0.2) is 47.4 Å². The van der Waals surface area contributed by atoms with Crippen LogP contribution in [0.3, 0.4) is 0 Å². The molecule has 2 aliphatic rings. The first kappa shape index (κ1) is 23.5. The summed E-state index contributed by atoms with van der Waals surface area (Å²) in [6, 6.07) is 10.2. The van der Waals surface area contributed by atoms with Crippen LogP contribution in [0, 0.1) is 0 Å². The second kappa shape index (κ2) is 11.0. The van der Waals surface area contributed by atoms with Crippen LogP contribution in [0.2, 0.25) is 0 Å².